The summed E-state index contributed by atoms with van der Waals surface area (Å²) in [4.78, 5) is 11.5. The van der Waals surface area contributed by atoms with Gasteiger partial charge in [0.15, 0.2) is 0 Å². The van der Waals surface area contributed by atoms with Crippen LogP contribution in [0.15, 0.2) is 0 Å². The van der Waals surface area contributed by atoms with Crippen LogP contribution in [0, 0.1) is 40.4 Å². The van der Waals surface area contributed by atoms with Gasteiger partial charge >= 0.3 is 0 Å². The van der Waals surface area contributed by atoms with Crippen molar-refractivity contribution in [1.29, 1.82) is 0 Å². The molecule has 4 unspecified atom stereocenters. The van der Waals surface area contributed by atoms with Crippen LogP contribution in [0.1, 0.15) is 78.1 Å². The first-order valence-electron chi connectivity index (χ1n) is 9.55. The third-order valence-electron chi connectivity index (χ3n) is 8.82. The molecule has 4 aliphatic rings. The van der Waals surface area contributed by atoms with Gasteiger partial charge in [-0.2, -0.15) is 0 Å². The Morgan fingerprint density at radius 1 is 0.810 bits per heavy atom. The maximum Gasteiger partial charge on any atom is 0.123 e. The number of carbonyl (C=O) groups is 1. The van der Waals surface area contributed by atoms with Crippen LogP contribution in [-0.4, -0.2) is 6.29 Å². The summed E-state index contributed by atoms with van der Waals surface area (Å²) in [5.74, 6) is 4.14. The largest absolute Gasteiger partial charge is 0.303 e. The van der Waals surface area contributed by atoms with Gasteiger partial charge in [0.2, 0.25) is 0 Å². The van der Waals surface area contributed by atoms with Crippen molar-refractivity contribution in [3.63, 3.8) is 0 Å². The standard InChI is InChI=1S/C20H32O/c1-19-11-4-3-5-14(19)6-8-16-17-9-7-15(13-21)20(17,2)12-10-18(16)19/h13-18H,3-12H2,1-2H3/t14?,15-,16?,17?,18?,19+,20-/m1/s1. The lowest BCUT2D eigenvalue weighted by Gasteiger charge is -2.60. The number of rotatable bonds is 1. The molecule has 4 rings (SSSR count). The number of aldehydes is 1. The van der Waals surface area contributed by atoms with Gasteiger partial charge in [-0.15, -0.1) is 0 Å². The van der Waals surface area contributed by atoms with Crippen molar-refractivity contribution in [3.05, 3.63) is 0 Å². The van der Waals surface area contributed by atoms with Gasteiger partial charge in [-0.3, -0.25) is 0 Å². The number of fused-ring (bicyclic) bond motifs is 5. The van der Waals surface area contributed by atoms with Gasteiger partial charge in [-0.25, -0.2) is 0 Å². The number of carbonyl (C=O) groups excluding carboxylic acids is 1. The van der Waals surface area contributed by atoms with E-state index in [0.29, 0.717) is 16.7 Å². The molecule has 0 radical (unpaired) electrons. The Kier molecular flexibility index (Phi) is 3.28. The van der Waals surface area contributed by atoms with E-state index in [9.17, 15) is 4.79 Å². The zero-order chi connectivity index (χ0) is 14.7. The highest BCUT2D eigenvalue weighted by Gasteiger charge is 2.59. The van der Waals surface area contributed by atoms with Gasteiger partial charge in [0.05, 0.1) is 0 Å². The molecule has 4 saturated carbocycles. The summed E-state index contributed by atoms with van der Waals surface area (Å²) in [5, 5.41) is 0. The topological polar surface area (TPSA) is 17.1 Å². The van der Waals surface area contributed by atoms with Gasteiger partial charge < -0.3 is 4.79 Å². The Balaban J connectivity index is 1.64. The molecule has 4 fully saturated rings. The third kappa shape index (κ3) is 1.85. The molecular weight excluding hydrogens is 256 g/mol. The van der Waals surface area contributed by atoms with E-state index in [1.807, 2.05) is 0 Å². The average Bonchev–Trinajstić information content (AvgIpc) is 2.83. The van der Waals surface area contributed by atoms with Gasteiger partial charge in [-0.1, -0.05) is 26.7 Å². The zero-order valence-corrected chi connectivity index (χ0v) is 13.9. The minimum Gasteiger partial charge on any atom is -0.303 e. The van der Waals surface area contributed by atoms with Gasteiger partial charge in [0, 0.05) is 5.92 Å². The molecule has 0 N–H and O–H groups in total. The molecule has 7 atom stereocenters. The third-order valence-corrected chi connectivity index (χ3v) is 8.82. The van der Waals surface area contributed by atoms with Crippen molar-refractivity contribution in [1.82, 2.24) is 0 Å². The predicted octanol–water partition coefficient (Wildman–Crippen LogP) is 5.23. The molecule has 0 amide bonds. The fraction of sp³-hybridized carbons (Fsp3) is 0.950. The summed E-state index contributed by atoms with van der Waals surface area (Å²) in [7, 11) is 0. The maximum absolute atomic E-state index is 11.5. The Labute approximate surface area is 130 Å². The normalized spacial score (nSPS) is 56.2. The highest BCUT2D eigenvalue weighted by atomic mass is 16.1. The molecule has 21 heavy (non-hydrogen) atoms. The first kappa shape index (κ1) is 14.3. The first-order valence-corrected chi connectivity index (χ1v) is 9.55. The number of hydrogen-bond acceptors (Lipinski definition) is 1. The molecule has 0 saturated heterocycles. The van der Waals surface area contributed by atoms with Gasteiger partial charge in [-0.05, 0) is 85.9 Å². The molecule has 0 spiro atoms. The SMILES string of the molecule is C[C@]12CCCCC1CCC1C2CC[C@@]2(C)C1CC[C@@H]2C=O. The minimum atomic E-state index is 0.348. The van der Waals surface area contributed by atoms with Crippen molar-refractivity contribution < 1.29 is 4.79 Å². The van der Waals surface area contributed by atoms with Crippen molar-refractivity contribution >= 4 is 6.29 Å². The Morgan fingerprint density at radius 3 is 2.43 bits per heavy atom. The second-order valence-electron chi connectivity index (χ2n) is 9.27. The summed E-state index contributed by atoms with van der Waals surface area (Å²) in [6.07, 6.45) is 15.4. The van der Waals surface area contributed by atoms with E-state index < -0.39 is 0 Å². The molecule has 0 bridgehead atoms. The maximum atomic E-state index is 11.5. The Morgan fingerprint density at radius 2 is 1.62 bits per heavy atom. The van der Waals surface area contributed by atoms with E-state index in [-0.39, 0.29) is 0 Å². The summed E-state index contributed by atoms with van der Waals surface area (Å²) in [6.45, 7) is 5.09. The van der Waals surface area contributed by atoms with E-state index in [4.69, 9.17) is 0 Å². The first-order chi connectivity index (χ1) is 10.1. The van der Waals surface area contributed by atoms with E-state index in [0.717, 1.165) is 23.7 Å². The van der Waals surface area contributed by atoms with E-state index >= 15 is 0 Å². The molecule has 0 aromatic rings. The van der Waals surface area contributed by atoms with Crippen LogP contribution in [0.5, 0.6) is 0 Å². The molecule has 0 aliphatic heterocycles. The molecule has 0 heterocycles. The van der Waals surface area contributed by atoms with Crippen LogP contribution in [0.3, 0.4) is 0 Å². The van der Waals surface area contributed by atoms with Crippen molar-refractivity contribution in [2.75, 3.05) is 0 Å². The summed E-state index contributed by atoms with van der Waals surface area (Å²) >= 11 is 0. The fourth-order valence-corrected chi connectivity index (χ4v) is 7.56. The molecule has 1 nitrogen and oxygen atoms in total. The second kappa shape index (κ2) is 4.83. The quantitative estimate of drug-likeness (QED) is 0.603. The van der Waals surface area contributed by atoms with Crippen LogP contribution >= 0.6 is 0 Å². The predicted molar refractivity (Wildman–Crippen MR) is 85.9 cm³/mol. The monoisotopic (exact) mass is 288 g/mol. The van der Waals surface area contributed by atoms with Crippen LogP contribution in [-0.2, 0) is 4.79 Å². The fourth-order valence-electron chi connectivity index (χ4n) is 7.56. The highest BCUT2D eigenvalue weighted by Crippen LogP contribution is 2.67. The molecule has 1 heteroatoms. The van der Waals surface area contributed by atoms with Crippen LogP contribution < -0.4 is 0 Å². The van der Waals surface area contributed by atoms with Gasteiger partial charge in [0.1, 0.15) is 6.29 Å². The van der Waals surface area contributed by atoms with Crippen LogP contribution in [0.25, 0.3) is 0 Å². The van der Waals surface area contributed by atoms with Crippen LogP contribution in [0.2, 0.25) is 0 Å². The van der Waals surface area contributed by atoms with E-state index in [1.165, 1.54) is 70.5 Å². The zero-order valence-electron chi connectivity index (χ0n) is 13.9. The van der Waals surface area contributed by atoms with Crippen molar-refractivity contribution in [2.45, 2.75) is 78.1 Å². The highest BCUT2D eigenvalue weighted by molar-refractivity contribution is 5.56. The van der Waals surface area contributed by atoms with Crippen LogP contribution in [0.4, 0.5) is 0 Å². The molecular formula is C20H32O. The van der Waals surface area contributed by atoms with Gasteiger partial charge in [0.25, 0.3) is 0 Å². The average molecular weight is 288 g/mol. The second-order valence-corrected chi connectivity index (χ2v) is 9.27. The molecule has 0 aromatic carbocycles. The van der Waals surface area contributed by atoms with Crippen molar-refractivity contribution in [2.24, 2.45) is 40.4 Å². The lowest BCUT2D eigenvalue weighted by atomic mass is 9.45. The molecule has 0 aromatic heterocycles. The Bertz CT molecular complexity index is 430. The summed E-state index contributed by atoms with van der Waals surface area (Å²) in [6, 6.07) is 0. The lowest BCUT2D eigenvalue weighted by Crippen LogP contribution is -2.52. The lowest BCUT2D eigenvalue weighted by molar-refractivity contribution is -0.125. The molecule has 118 valence electrons. The van der Waals surface area contributed by atoms with E-state index in [1.54, 1.807) is 0 Å². The number of hydrogen-bond donors (Lipinski definition) is 0. The minimum absolute atomic E-state index is 0.348. The summed E-state index contributed by atoms with van der Waals surface area (Å²) < 4.78 is 0. The Hall–Kier alpha value is -0.330. The molecule has 4 aliphatic carbocycles. The summed E-state index contributed by atoms with van der Waals surface area (Å²) in [5.41, 5.74) is 0.989. The van der Waals surface area contributed by atoms with E-state index in [2.05, 4.69) is 13.8 Å². The smallest absolute Gasteiger partial charge is 0.123 e. The van der Waals surface area contributed by atoms with Crippen molar-refractivity contribution in [3.8, 4) is 0 Å².